The highest BCUT2D eigenvalue weighted by atomic mass is 35.5. The van der Waals surface area contributed by atoms with Crippen molar-refractivity contribution < 1.29 is 0 Å². The molecule has 0 heterocycles. The number of halogens is 2. The summed E-state index contributed by atoms with van der Waals surface area (Å²) in [5.74, 6) is -0.219. The van der Waals surface area contributed by atoms with Crippen LogP contribution >= 0.6 is 23.2 Å². The summed E-state index contributed by atoms with van der Waals surface area (Å²) in [6.45, 7) is 0. The molecule has 0 spiro atoms. The number of nitrogens with zero attached hydrogens (tertiary/aromatic N) is 1. The van der Waals surface area contributed by atoms with E-state index in [0.29, 0.717) is 16.5 Å². The molecule has 3 aromatic carbocycles. The lowest BCUT2D eigenvalue weighted by Crippen LogP contribution is -2.01. The van der Waals surface area contributed by atoms with Crippen LogP contribution in [-0.2, 0) is 6.42 Å². The molecule has 0 radical (unpaired) electrons. The SMILES string of the molecule is N#CC(Cc1ccc(Cl)c(Cl)c1)c1cccc2ccccc12. The van der Waals surface area contributed by atoms with E-state index >= 15 is 0 Å². The van der Waals surface area contributed by atoms with Gasteiger partial charge in [-0.05, 0) is 40.5 Å². The number of hydrogen-bond acceptors (Lipinski definition) is 1. The molecule has 3 heteroatoms. The summed E-state index contributed by atoms with van der Waals surface area (Å²) in [6, 6.07) is 22.2. The fraction of sp³-hybridized carbons (Fsp3) is 0.105. The van der Waals surface area contributed by atoms with Gasteiger partial charge in [0.1, 0.15) is 0 Å². The van der Waals surface area contributed by atoms with Gasteiger partial charge in [0, 0.05) is 0 Å². The highest BCUT2D eigenvalue weighted by Crippen LogP contribution is 2.30. The molecule has 1 nitrogen and oxygen atoms in total. The summed E-state index contributed by atoms with van der Waals surface area (Å²) in [7, 11) is 0. The zero-order valence-electron chi connectivity index (χ0n) is 11.8. The summed E-state index contributed by atoms with van der Waals surface area (Å²) >= 11 is 12.0. The smallest absolute Gasteiger partial charge is 0.0759 e. The van der Waals surface area contributed by atoms with Crippen LogP contribution < -0.4 is 0 Å². The molecule has 3 aromatic rings. The van der Waals surface area contributed by atoms with Crippen LogP contribution in [0.5, 0.6) is 0 Å². The summed E-state index contributed by atoms with van der Waals surface area (Å²) in [4.78, 5) is 0. The largest absolute Gasteiger partial charge is 0.198 e. The van der Waals surface area contributed by atoms with Crippen LogP contribution in [0.15, 0.2) is 60.7 Å². The van der Waals surface area contributed by atoms with Gasteiger partial charge in [-0.2, -0.15) is 5.26 Å². The maximum atomic E-state index is 9.62. The van der Waals surface area contributed by atoms with Crippen molar-refractivity contribution in [1.29, 1.82) is 5.26 Å². The van der Waals surface area contributed by atoms with Gasteiger partial charge in [0.05, 0.1) is 22.0 Å². The first kappa shape index (κ1) is 14.9. The molecule has 0 saturated carbocycles. The van der Waals surface area contributed by atoms with Crippen molar-refractivity contribution in [2.24, 2.45) is 0 Å². The summed E-state index contributed by atoms with van der Waals surface area (Å²) in [6.07, 6.45) is 0.612. The van der Waals surface area contributed by atoms with Gasteiger partial charge in [-0.3, -0.25) is 0 Å². The van der Waals surface area contributed by atoms with E-state index in [0.717, 1.165) is 21.9 Å². The number of rotatable bonds is 3. The van der Waals surface area contributed by atoms with Crippen LogP contribution in [-0.4, -0.2) is 0 Å². The summed E-state index contributed by atoms with van der Waals surface area (Å²) in [5.41, 5.74) is 2.06. The van der Waals surface area contributed by atoms with Crippen LogP contribution in [0.2, 0.25) is 10.0 Å². The molecule has 0 aromatic heterocycles. The molecule has 0 aliphatic heterocycles. The van der Waals surface area contributed by atoms with Gasteiger partial charge >= 0.3 is 0 Å². The fourth-order valence-electron chi connectivity index (χ4n) is 2.68. The van der Waals surface area contributed by atoms with E-state index in [-0.39, 0.29) is 5.92 Å². The van der Waals surface area contributed by atoms with E-state index in [9.17, 15) is 5.26 Å². The van der Waals surface area contributed by atoms with Gasteiger partial charge < -0.3 is 0 Å². The normalized spacial score (nSPS) is 12.0. The second kappa shape index (κ2) is 6.40. The molecule has 22 heavy (non-hydrogen) atoms. The Hall–Kier alpha value is -2.01. The van der Waals surface area contributed by atoms with Crippen LogP contribution in [0.25, 0.3) is 10.8 Å². The van der Waals surface area contributed by atoms with Crippen molar-refractivity contribution in [3.8, 4) is 6.07 Å². The number of benzene rings is 3. The van der Waals surface area contributed by atoms with Gasteiger partial charge in [0.2, 0.25) is 0 Å². The van der Waals surface area contributed by atoms with E-state index < -0.39 is 0 Å². The first-order valence-corrected chi connectivity index (χ1v) is 7.76. The van der Waals surface area contributed by atoms with E-state index in [1.165, 1.54) is 0 Å². The molecule has 0 N–H and O–H groups in total. The predicted molar refractivity (Wildman–Crippen MR) is 92.5 cm³/mol. The molecular weight excluding hydrogens is 313 g/mol. The van der Waals surface area contributed by atoms with Crippen molar-refractivity contribution >= 4 is 34.0 Å². The molecular formula is C19H13Cl2N. The van der Waals surface area contributed by atoms with Crippen molar-refractivity contribution in [2.45, 2.75) is 12.3 Å². The van der Waals surface area contributed by atoms with Gasteiger partial charge in [0.15, 0.2) is 0 Å². The van der Waals surface area contributed by atoms with Crippen LogP contribution in [0.4, 0.5) is 0 Å². The Bertz CT molecular complexity index is 859. The quantitative estimate of drug-likeness (QED) is 0.579. The second-order valence-corrected chi connectivity index (χ2v) is 6.02. The van der Waals surface area contributed by atoms with Crippen LogP contribution in [0.1, 0.15) is 17.0 Å². The number of hydrogen-bond donors (Lipinski definition) is 0. The lowest BCUT2D eigenvalue weighted by molar-refractivity contribution is 0.857. The van der Waals surface area contributed by atoms with Gasteiger partial charge in [0.25, 0.3) is 0 Å². The molecule has 0 amide bonds. The first-order chi connectivity index (χ1) is 10.7. The van der Waals surface area contributed by atoms with Crippen molar-refractivity contribution in [3.63, 3.8) is 0 Å². The van der Waals surface area contributed by atoms with Gasteiger partial charge in [-0.15, -0.1) is 0 Å². The Labute approximate surface area is 139 Å². The molecule has 0 fully saturated rings. The molecule has 0 aliphatic rings. The second-order valence-electron chi connectivity index (χ2n) is 5.20. The highest BCUT2D eigenvalue weighted by Gasteiger charge is 2.15. The fourth-order valence-corrected chi connectivity index (χ4v) is 3.00. The molecule has 108 valence electrons. The van der Waals surface area contributed by atoms with Crippen molar-refractivity contribution in [2.75, 3.05) is 0 Å². The molecule has 0 saturated heterocycles. The van der Waals surface area contributed by atoms with E-state index in [2.05, 4.69) is 24.3 Å². The number of fused-ring (bicyclic) bond motifs is 1. The Morgan fingerprint density at radius 2 is 1.68 bits per heavy atom. The van der Waals surface area contributed by atoms with Crippen molar-refractivity contribution in [3.05, 3.63) is 81.8 Å². The summed E-state index contributed by atoms with van der Waals surface area (Å²) < 4.78 is 0. The van der Waals surface area contributed by atoms with E-state index in [1.54, 1.807) is 6.07 Å². The molecule has 0 bridgehead atoms. The zero-order valence-corrected chi connectivity index (χ0v) is 13.3. The maximum Gasteiger partial charge on any atom is 0.0759 e. The Morgan fingerprint density at radius 1 is 0.909 bits per heavy atom. The minimum Gasteiger partial charge on any atom is -0.198 e. The zero-order chi connectivity index (χ0) is 15.5. The number of nitriles is 1. The third-order valence-corrected chi connectivity index (χ3v) is 4.52. The minimum absolute atomic E-state index is 0.219. The molecule has 3 rings (SSSR count). The highest BCUT2D eigenvalue weighted by molar-refractivity contribution is 6.42. The maximum absolute atomic E-state index is 9.62. The predicted octanol–water partition coefficient (Wildman–Crippen LogP) is 6.00. The lowest BCUT2D eigenvalue weighted by atomic mass is 9.89. The average molecular weight is 326 g/mol. The van der Waals surface area contributed by atoms with Crippen molar-refractivity contribution in [1.82, 2.24) is 0 Å². The minimum atomic E-state index is -0.219. The van der Waals surface area contributed by atoms with Gasteiger partial charge in [-0.25, -0.2) is 0 Å². The lowest BCUT2D eigenvalue weighted by Gasteiger charge is -2.13. The average Bonchev–Trinajstić information content (AvgIpc) is 2.55. The molecule has 1 atom stereocenters. The Balaban J connectivity index is 2.00. The van der Waals surface area contributed by atoms with Crippen LogP contribution in [0, 0.1) is 11.3 Å². The Morgan fingerprint density at radius 3 is 2.45 bits per heavy atom. The van der Waals surface area contributed by atoms with E-state index in [4.69, 9.17) is 23.2 Å². The van der Waals surface area contributed by atoms with Crippen LogP contribution in [0.3, 0.4) is 0 Å². The first-order valence-electron chi connectivity index (χ1n) is 7.00. The third kappa shape index (κ3) is 2.95. The Kier molecular flexibility index (Phi) is 4.34. The van der Waals surface area contributed by atoms with Gasteiger partial charge in [-0.1, -0.05) is 71.7 Å². The molecule has 1 unspecified atom stereocenters. The third-order valence-electron chi connectivity index (χ3n) is 3.78. The monoisotopic (exact) mass is 325 g/mol. The topological polar surface area (TPSA) is 23.8 Å². The standard InChI is InChI=1S/C19H13Cl2N/c20-18-9-8-13(11-19(18)21)10-15(12-22)17-7-3-5-14-4-1-2-6-16(14)17/h1-9,11,15H,10H2. The van der Waals surface area contributed by atoms with E-state index in [1.807, 2.05) is 36.4 Å². The molecule has 0 aliphatic carbocycles. The summed E-state index contributed by atoms with van der Waals surface area (Å²) in [5, 5.41) is 12.9.